The Morgan fingerprint density at radius 3 is 2.88 bits per heavy atom. The van der Waals surface area contributed by atoms with Gasteiger partial charge in [0.25, 0.3) is 5.91 Å². The van der Waals surface area contributed by atoms with Gasteiger partial charge < -0.3 is 10.4 Å². The lowest BCUT2D eigenvalue weighted by Gasteiger charge is -2.16. The van der Waals surface area contributed by atoms with E-state index in [0.29, 0.717) is 5.56 Å². The zero-order valence-electron chi connectivity index (χ0n) is 12.2. The normalized spacial score (nSPS) is 12.1. The van der Waals surface area contributed by atoms with Gasteiger partial charge in [-0.05, 0) is 29.1 Å². The Morgan fingerprint density at radius 2 is 2.21 bits per heavy atom. The maximum atomic E-state index is 13.6. The van der Waals surface area contributed by atoms with Crippen LogP contribution in [0.3, 0.4) is 0 Å². The molecule has 124 valence electrons. The van der Waals surface area contributed by atoms with Crippen LogP contribution in [0.4, 0.5) is 4.39 Å². The number of thiophene rings is 1. The van der Waals surface area contributed by atoms with Gasteiger partial charge in [0.15, 0.2) is 0 Å². The number of thiazole rings is 1. The quantitative estimate of drug-likeness (QED) is 0.697. The average Bonchev–Trinajstić information content (AvgIpc) is 3.25. The first-order valence-corrected chi connectivity index (χ1v) is 9.08. The third kappa shape index (κ3) is 3.64. The van der Waals surface area contributed by atoms with Crippen molar-refractivity contribution in [2.75, 3.05) is 6.61 Å². The highest BCUT2D eigenvalue weighted by molar-refractivity contribution is 7.20. The van der Waals surface area contributed by atoms with E-state index in [4.69, 9.17) is 11.6 Å². The monoisotopic (exact) mass is 382 g/mol. The summed E-state index contributed by atoms with van der Waals surface area (Å²) < 4.78 is 13.6. The first-order chi connectivity index (χ1) is 11.6. The topological polar surface area (TPSA) is 62.2 Å². The van der Waals surface area contributed by atoms with Crippen LogP contribution in [0.25, 0.3) is 9.88 Å². The highest BCUT2D eigenvalue weighted by atomic mass is 35.5. The molecule has 0 radical (unpaired) electrons. The molecule has 0 aliphatic rings. The first-order valence-electron chi connectivity index (χ1n) is 6.94. The van der Waals surface area contributed by atoms with Crippen molar-refractivity contribution in [1.29, 1.82) is 0 Å². The van der Waals surface area contributed by atoms with E-state index < -0.39 is 17.8 Å². The lowest BCUT2D eigenvalue weighted by atomic mass is 10.1. The number of nitrogens with one attached hydrogen (secondary N) is 1. The molecule has 0 saturated heterocycles. The van der Waals surface area contributed by atoms with Crippen LogP contribution in [0.2, 0.25) is 5.02 Å². The molecule has 2 N–H and O–H groups in total. The Bertz CT molecular complexity index is 852. The molecule has 0 aliphatic carbocycles. The maximum Gasteiger partial charge on any atom is 0.271 e. The maximum absolute atomic E-state index is 13.6. The van der Waals surface area contributed by atoms with E-state index in [2.05, 4.69) is 10.3 Å². The van der Waals surface area contributed by atoms with Crippen LogP contribution < -0.4 is 5.32 Å². The van der Waals surface area contributed by atoms with Gasteiger partial charge in [-0.3, -0.25) is 4.79 Å². The van der Waals surface area contributed by atoms with Crippen LogP contribution in [0.1, 0.15) is 22.1 Å². The minimum atomic E-state index is -0.740. The van der Waals surface area contributed by atoms with Crippen molar-refractivity contribution >= 4 is 40.2 Å². The van der Waals surface area contributed by atoms with Gasteiger partial charge in [0, 0.05) is 5.38 Å². The second-order valence-electron chi connectivity index (χ2n) is 4.90. The van der Waals surface area contributed by atoms with E-state index in [9.17, 15) is 14.3 Å². The number of aliphatic hydroxyl groups is 1. The summed E-state index contributed by atoms with van der Waals surface area (Å²) in [6.45, 7) is -0.366. The van der Waals surface area contributed by atoms with Gasteiger partial charge >= 0.3 is 0 Å². The molecule has 3 aromatic rings. The number of halogens is 2. The molecule has 0 unspecified atom stereocenters. The first kappa shape index (κ1) is 17.0. The summed E-state index contributed by atoms with van der Waals surface area (Å²) in [6.07, 6.45) is 0. The molecule has 0 spiro atoms. The van der Waals surface area contributed by atoms with E-state index >= 15 is 0 Å². The summed E-state index contributed by atoms with van der Waals surface area (Å²) in [4.78, 5) is 17.6. The second-order valence-corrected chi connectivity index (χ2v) is 7.11. The highest BCUT2D eigenvalue weighted by Crippen LogP contribution is 2.28. The number of amides is 1. The summed E-state index contributed by atoms with van der Waals surface area (Å²) in [5, 5.41) is 16.5. The number of carbonyl (C=O) groups is 1. The van der Waals surface area contributed by atoms with Crippen LogP contribution in [0.15, 0.2) is 41.1 Å². The van der Waals surface area contributed by atoms with Gasteiger partial charge in [0.1, 0.15) is 16.5 Å². The van der Waals surface area contributed by atoms with E-state index in [1.165, 1.54) is 23.5 Å². The fourth-order valence-electron chi connectivity index (χ4n) is 2.09. The van der Waals surface area contributed by atoms with Crippen LogP contribution in [0, 0.1) is 5.82 Å². The van der Waals surface area contributed by atoms with E-state index in [-0.39, 0.29) is 17.3 Å². The lowest BCUT2D eigenvalue weighted by Crippen LogP contribution is -2.31. The fourth-order valence-corrected chi connectivity index (χ4v) is 3.82. The molecule has 0 fully saturated rings. The molecule has 0 bridgehead atoms. The Kier molecular flexibility index (Phi) is 5.25. The highest BCUT2D eigenvalue weighted by Gasteiger charge is 2.19. The summed E-state index contributed by atoms with van der Waals surface area (Å²) >= 11 is 8.56. The summed E-state index contributed by atoms with van der Waals surface area (Å²) in [5.74, 6) is -1.03. The number of carbonyl (C=O) groups excluding carboxylic acids is 1. The predicted molar refractivity (Wildman–Crippen MR) is 94.1 cm³/mol. The molecule has 0 aliphatic heterocycles. The molecule has 1 amide bonds. The third-order valence-electron chi connectivity index (χ3n) is 3.30. The minimum absolute atomic E-state index is 0.0122. The Hall–Kier alpha value is -1.80. The van der Waals surface area contributed by atoms with Crippen molar-refractivity contribution in [3.8, 4) is 9.88 Å². The predicted octanol–water partition coefficient (Wildman–Crippen LogP) is 4.13. The van der Waals surface area contributed by atoms with Crippen molar-refractivity contribution in [3.05, 3.63) is 63.2 Å². The van der Waals surface area contributed by atoms with Gasteiger partial charge in [-0.1, -0.05) is 23.7 Å². The van der Waals surface area contributed by atoms with Crippen molar-refractivity contribution < 1.29 is 14.3 Å². The Morgan fingerprint density at radius 1 is 1.38 bits per heavy atom. The minimum Gasteiger partial charge on any atom is -0.394 e. The third-order valence-corrected chi connectivity index (χ3v) is 5.49. The summed E-state index contributed by atoms with van der Waals surface area (Å²) in [5.41, 5.74) is 0.692. The molecule has 1 atom stereocenters. The molecule has 3 rings (SSSR count). The Balaban J connectivity index is 1.76. The zero-order valence-corrected chi connectivity index (χ0v) is 14.6. The number of hydrogen-bond acceptors (Lipinski definition) is 5. The van der Waals surface area contributed by atoms with Crippen LogP contribution in [0.5, 0.6) is 0 Å². The molecule has 24 heavy (non-hydrogen) atoms. The van der Waals surface area contributed by atoms with E-state index in [1.807, 2.05) is 17.5 Å². The number of aromatic nitrogens is 1. The summed E-state index contributed by atoms with van der Waals surface area (Å²) in [6, 6.07) is 7.25. The van der Waals surface area contributed by atoms with Gasteiger partial charge in [-0.15, -0.1) is 22.7 Å². The lowest BCUT2D eigenvalue weighted by molar-refractivity contribution is 0.0912. The second kappa shape index (κ2) is 7.40. The molecule has 4 nitrogen and oxygen atoms in total. The molecule has 8 heteroatoms. The number of nitrogens with zero attached hydrogens (tertiary/aromatic N) is 1. The Labute approximate surface area is 150 Å². The van der Waals surface area contributed by atoms with Crippen molar-refractivity contribution in [2.45, 2.75) is 6.04 Å². The van der Waals surface area contributed by atoms with E-state index in [0.717, 1.165) is 9.88 Å². The standard InChI is InChI=1S/C16H12ClFN2O2S2/c17-10-4-3-9(6-11(10)18)12(7-21)19-15(22)13-8-24-16(20-13)14-2-1-5-23-14/h1-6,8,12,21H,7H2,(H,19,22)/t12-/m1/s1. The van der Waals surface area contributed by atoms with Crippen LogP contribution >= 0.6 is 34.3 Å². The number of hydrogen-bond donors (Lipinski definition) is 2. The van der Waals surface area contributed by atoms with Crippen molar-refractivity contribution in [2.24, 2.45) is 0 Å². The van der Waals surface area contributed by atoms with Crippen LogP contribution in [-0.4, -0.2) is 22.6 Å². The fraction of sp³-hybridized carbons (Fsp3) is 0.125. The van der Waals surface area contributed by atoms with E-state index in [1.54, 1.807) is 22.8 Å². The van der Waals surface area contributed by atoms with Crippen LogP contribution in [-0.2, 0) is 0 Å². The SMILES string of the molecule is O=C(N[C@H](CO)c1ccc(Cl)c(F)c1)c1csc(-c2cccs2)n1. The molecule has 1 aromatic carbocycles. The molecular formula is C16H12ClFN2O2S2. The van der Waals surface area contributed by atoms with Gasteiger partial charge in [-0.25, -0.2) is 9.37 Å². The van der Waals surface area contributed by atoms with Gasteiger partial charge in [0.2, 0.25) is 0 Å². The summed E-state index contributed by atoms with van der Waals surface area (Å²) in [7, 11) is 0. The molecule has 2 heterocycles. The number of benzene rings is 1. The van der Waals surface area contributed by atoms with Gasteiger partial charge in [0.05, 0.1) is 22.5 Å². The number of rotatable bonds is 5. The van der Waals surface area contributed by atoms with Crippen molar-refractivity contribution in [3.63, 3.8) is 0 Å². The molecular weight excluding hydrogens is 371 g/mol. The molecule has 0 saturated carbocycles. The number of aliphatic hydroxyl groups excluding tert-OH is 1. The largest absolute Gasteiger partial charge is 0.394 e. The van der Waals surface area contributed by atoms with Crippen molar-refractivity contribution in [1.82, 2.24) is 10.3 Å². The van der Waals surface area contributed by atoms with Gasteiger partial charge in [-0.2, -0.15) is 0 Å². The zero-order chi connectivity index (χ0) is 17.1. The average molecular weight is 383 g/mol. The molecule has 2 aromatic heterocycles. The smallest absolute Gasteiger partial charge is 0.271 e.